The number of rotatable bonds is 6. The van der Waals surface area contributed by atoms with Crippen LogP contribution in [0.3, 0.4) is 0 Å². The quantitative estimate of drug-likeness (QED) is 0.113. The molecule has 35 heteroatoms. The average molecular weight is 2290 g/mol. The molecule has 0 saturated heterocycles. The van der Waals surface area contributed by atoms with Crippen LogP contribution >= 0.6 is 0 Å². The van der Waals surface area contributed by atoms with Crippen LogP contribution in [-0.4, -0.2) is 74.8 Å². The maximum atomic E-state index is 12.7. The second-order valence-electron chi connectivity index (χ2n) is 22.0. The van der Waals surface area contributed by atoms with Crippen molar-refractivity contribution in [2.45, 2.75) is 132 Å². The van der Waals surface area contributed by atoms with Gasteiger partial charge in [0.2, 0.25) is 0 Å². The topological polar surface area (TPSA) is 193 Å². The standard InChI is InChI=1S/C15H15F3N3.C14H13F3N3.3C12H9F3N3.5Ir/c1-9-10(5-6-12(20-9)15(16,17)18)11-7-19-8-13(21-11)14(2,3)4;1-8(2)11-6-18-7-12(20-11)10-4-9(3)19-13(5-10)14(15,16)17;1-7-3-9(4-11(18-7)12(13,14)15)10-6-16-8(2)5-17-10;1-7-3-9(4-11(18-7)12(13,14)15)10-6-16-5-8(2)17-10;1-7-5-17-10(6-16-7)9-3-4-11(12(13,14)15)18-8(9)2;;;;;/h6-8H,1-4H3;4,6-8H,1-3H3;2*3,5-6H,1-2H3;4-6H,1-2H3;;;;;/q5*-1;;;;;. The summed E-state index contributed by atoms with van der Waals surface area (Å²) in [5, 5.41) is 0. The molecule has 0 aliphatic carbocycles. The van der Waals surface area contributed by atoms with E-state index in [0.717, 1.165) is 29.2 Å². The minimum Gasteiger partial charge on any atom is -0.344 e. The van der Waals surface area contributed by atoms with E-state index in [4.69, 9.17) is 0 Å². The van der Waals surface area contributed by atoms with Crippen LogP contribution < -0.4 is 0 Å². The van der Waals surface area contributed by atoms with E-state index in [0.29, 0.717) is 51.0 Å². The third kappa shape index (κ3) is 27.3. The molecule has 0 spiro atoms. The molecular weight excluding hydrogens is 2240 g/mol. The van der Waals surface area contributed by atoms with Crippen LogP contribution in [0.5, 0.6) is 0 Å². The van der Waals surface area contributed by atoms with Gasteiger partial charge in [0.05, 0.1) is 45.6 Å². The molecule has 0 aliphatic rings. The number of pyridine rings is 5. The predicted octanol–water partition coefficient (Wildman–Crippen LogP) is 16.7. The maximum absolute atomic E-state index is 12.7. The predicted molar refractivity (Wildman–Crippen MR) is 316 cm³/mol. The van der Waals surface area contributed by atoms with Crippen molar-refractivity contribution in [3.05, 3.63) is 208 Å². The van der Waals surface area contributed by atoms with Gasteiger partial charge in [-0.15, -0.1) is 71.8 Å². The number of halogens is 15. The van der Waals surface area contributed by atoms with Crippen molar-refractivity contribution in [2.24, 2.45) is 0 Å². The van der Waals surface area contributed by atoms with Gasteiger partial charge in [-0.25, -0.2) is 0 Å². The molecule has 0 aliphatic heterocycles. The van der Waals surface area contributed by atoms with Gasteiger partial charge in [0, 0.05) is 172 Å². The minimum absolute atomic E-state index is 0. The van der Waals surface area contributed by atoms with E-state index in [9.17, 15) is 65.9 Å². The van der Waals surface area contributed by atoms with Crippen molar-refractivity contribution >= 4 is 0 Å². The fourth-order valence-corrected chi connectivity index (χ4v) is 7.76. The molecule has 0 fully saturated rings. The van der Waals surface area contributed by atoms with Crippen molar-refractivity contribution in [1.82, 2.24) is 74.8 Å². The summed E-state index contributed by atoms with van der Waals surface area (Å²) < 4.78 is 189. The van der Waals surface area contributed by atoms with Crippen LogP contribution in [0.4, 0.5) is 65.9 Å². The van der Waals surface area contributed by atoms with E-state index in [2.05, 4.69) is 105 Å². The zero-order chi connectivity index (χ0) is 70.8. The molecule has 0 bridgehead atoms. The fourth-order valence-electron chi connectivity index (χ4n) is 7.76. The Bertz CT molecular complexity index is 4270. The third-order valence-corrected chi connectivity index (χ3v) is 12.4. The second-order valence-corrected chi connectivity index (χ2v) is 22.0. The average Bonchev–Trinajstić information content (AvgIpc) is 0.585. The van der Waals surface area contributed by atoms with E-state index < -0.39 is 59.4 Å². The summed E-state index contributed by atoms with van der Waals surface area (Å²) in [7, 11) is 0. The van der Waals surface area contributed by atoms with E-state index >= 15 is 0 Å². The largest absolute Gasteiger partial charge is 0.421 e. The van der Waals surface area contributed by atoms with Crippen LogP contribution in [0.1, 0.15) is 126 Å². The zero-order valence-electron chi connectivity index (χ0n) is 54.3. The van der Waals surface area contributed by atoms with Crippen molar-refractivity contribution in [1.29, 1.82) is 0 Å². The summed E-state index contributed by atoms with van der Waals surface area (Å²) in [6.45, 7) is 22.6. The molecule has 0 aromatic carbocycles. The van der Waals surface area contributed by atoms with Crippen LogP contribution in [0.2, 0.25) is 0 Å². The number of hydrogen-bond donors (Lipinski definition) is 0. The molecule has 0 amide bonds. The fraction of sp³-hybridized carbons (Fsp3) is 0.308. The number of nitrogens with zero attached hydrogens (tertiary/aromatic N) is 15. The minimum atomic E-state index is -4.52. The molecule has 100 heavy (non-hydrogen) atoms. The van der Waals surface area contributed by atoms with Crippen molar-refractivity contribution in [2.75, 3.05) is 0 Å². The Morgan fingerprint density at radius 2 is 0.680 bits per heavy atom. The Morgan fingerprint density at radius 1 is 0.320 bits per heavy atom. The molecular formula is C65H55F15Ir5N15-5. The van der Waals surface area contributed by atoms with Gasteiger partial charge < -0.3 is 29.9 Å². The molecule has 5 radical (unpaired) electrons. The van der Waals surface area contributed by atoms with Gasteiger partial charge in [-0.05, 0) is 112 Å². The first kappa shape index (κ1) is 91.4. The summed E-state index contributed by atoms with van der Waals surface area (Å²) >= 11 is 0. The number of aromatic nitrogens is 15. The molecule has 10 rings (SSSR count). The number of aryl methyl sites for hydroxylation is 8. The van der Waals surface area contributed by atoms with Gasteiger partial charge in [0.25, 0.3) is 0 Å². The first-order valence-corrected chi connectivity index (χ1v) is 27.9. The molecule has 10 aromatic rings. The Morgan fingerprint density at radius 3 is 1.03 bits per heavy atom. The molecule has 0 saturated carbocycles. The molecule has 545 valence electrons. The Labute approximate surface area is 632 Å². The first-order chi connectivity index (χ1) is 44.0. The summed E-state index contributed by atoms with van der Waals surface area (Å²) in [5.74, 6) is 0.146. The Balaban J connectivity index is 0.000000618. The molecule has 0 atom stereocenters. The summed E-state index contributed by atoms with van der Waals surface area (Å²) in [5.41, 5.74) is 3.13. The van der Waals surface area contributed by atoms with Gasteiger partial charge in [-0.2, -0.15) is 82.5 Å². The molecule has 15 nitrogen and oxygen atoms in total. The van der Waals surface area contributed by atoms with Gasteiger partial charge in [-0.3, -0.25) is 44.9 Å². The van der Waals surface area contributed by atoms with Gasteiger partial charge in [0.15, 0.2) is 0 Å². The van der Waals surface area contributed by atoms with E-state index in [-0.39, 0.29) is 157 Å². The SMILES string of the molecule is Cc1cc(-c2cncc(C(C)C)n2)[c-]c(C(F)(F)F)n1.Cc1cc(-c2cncc(C)n2)[c-]c(C(F)(F)F)n1.Cc1cnc(-c2[c-]c(C(F)(F)F)nc(C)c2)cn1.Cc1cnc(-c2[c-]cc(C(F)(F)F)nc2C)cn1.Cc1nc(C(F)(F)F)c[c-]c1-c1cncc(C(C)(C)C)n1.[Ir].[Ir].[Ir].[Ir].[Ir]. The normalized spacial score (nSPS) is 11.3. The van der Waals surface area contributed by atoms with Crippen LogP contribution in [-0.2, 0) is 137 Å². The second kappa shape index (κ2) is 38.0. The number of hydrogen-bond acceptors (Lipinski definition) is 15. The number of alkyl halides is 15. The van der Waals surface area contributed by atoms with Crippen LogP contribution in [0, 0.1) is 85.7 Å². The van der Waals surface area contributed by atoms with Crippen molar-refractivity contribution in [3.8, 4) is 56.3 Å². The van der Waals surface area contributed by atoms with Crippen molar-refractivity contribution < 1.29 is 166 Å². The molecule has 0 unspecified atom stereocenters. The molecule has 0 N–H and O–H groups in total. The first-order valence-electron chi connectivity index (χ1n) is 27.9. The Hall–Kier alpha value is -6.65. The summed E-state index contributed by atoms with van der Waals surface area (Å²) in [4.78, 5) is 58.5. The van der Waals surface area contributed by atoms with Crippen molar-refractivity contribution in [3.63, 3.8) is 0 Å². The Kier molecular flexibility index (Phi) is 34.7. The van der Waals surface area contributed by atoms with Gasteiger partial charge in [-0.1, -0.05) is 48.5 Å². The molecule has 10 heterocycles. The monoisotopic (exact) mass is 2300 g/mol. The summed E-state index contributed by atoms with van der Waals surface area (Å²) in [6.07, 6.45) is -7.43. The van der Waals surface area contributed by atoms with Crippen LogP contribution in [0.15, 0.2) is 92.3 Å². The van der Waals surface area contributed by atoms with Gasteiger partial charge in [0.1, 0.15) is 0 Å². The third-order valence-electron chi connectivity index (χ3n) is 12.4. The zero-order valence-corrected chi connectivity index (χ0v) is 66.3. The maximum Gasteiger partial charge on any atom is 0.421 e. The van der Waals surface area contributed by atoms with E-state index in [1.807, 2.05) is 34.6 Å². The van der Waals surface area contributed by atoms with Gasteiger partial charge >= 0.3 is 30.9 Å². The molecule has 10 aromatic heterocycles. The summed E-state index contributed by atoms with van der Waals surface area (Å²) in [6, 6.07) is 18.1. The smallest absolute Gasteiger partial charge is 0.344 e. The van der Waals surface area contributed by atoms with E-state index in [1.165, 1.54) is 96.2 Å². The van der Waals surface area contributed by atoms with E-state index in [1.54, 1.807) is 39.4 Å². The van der Waals surface area contributed by atoms with Crippen LogP contribution in [0.25, 0.3) is 56.3 Å².